The topological polar surface area (TPSA) is 84.0 Å². The molecule has 0 saturated carbocycles. The van der Waals surface area contributed by atoms with Crippen LogP contribution in [-0.4, -0.2) is 29.7 Å². The zero-order chi connectivity index (χ0) is 27.0. The number of nitrogens with zero attached hydrogens (tertiary/aromatic N) is 2. The van der Waals surface area contributed by atoms with Crippen LogP contribution in [0.25, 0.3) is 0 Å². The van der Waals surface area contributed by atoms with Crippen molar-refractivity contribution >= 4 is 40.9 Å². The fraction of sp³-hybridized carbons (Fsp3) is 0.222. The van der Waals surface area contributed by atoms with Gasteiger partial charge in [-0.05, 0) is 80.9 Å². The van der Waals surface area contributed by atoms with Gasteiger partial charge in [0.15, 0.2) is 5.11 Å². The zero-order valence-electron chi connectivity index (χ0n) is 20.6. The number of halogens is 3. The van der Waals surface area contributed by atoms with Crippen molar-refractivity contribution in [3.8, 4) is 5.75 Å². The molecule has 0 bridgehead atoms. The summed E-state index contributed by atoms with van der Waals surface area (Å²) >= 11 is 5.46. The lowest BCUT2D eigenvalue weighted by Crippen LogP contribution is -2.37. The van der Waals surface area contributed by atoms with Gasteiger partial charge in [0.1, 0.15) is 17.9 Å². The highest BCUT2D eigenvalue weighted by atomic mass is 32.1. The van der Waals surface area contributed by atoms with Crippen molar-refractivity contribution in [3.05, 3.63) is 89.0 Å². The zero-order valence-corrected chi connectivity index (χ0v) is 21.5. The van der Waals surface area contributed by atoms with Crippen molar-refractivity contribution in [3.63, 3.8) is 0 Å². The second kappa shape index (κ2) is 12.4. The third-order valence-corrected chi connectivity index (χ3v) is 5.49. The maximum absolute atomic E-state index is 12.2. The van der Waals surface area contributed by atoms with E-state index in [1.54, 1.807) is 0 Å². The van der Waals surface area contributed by atoms with E-state index in [9.17, 15) is 13.2 Å². The van der Waals surface area contributed by atoms with Gasteiger partial charge < -0.3 is 21.1 Å². The summed E-state index contributed by atoms with van der Waals surface area (Å²) in [6, 6.07) is 19.0. The Bertz CT molecular complexity index is 1270. The lowest BCUT2D eigenvalue weighted by Gasteiger charge is -2.18. The van der Waals surface area contributed by atoms with Gasteiger partial charge >= 0.3 is 6.36 Å². The number of anilines is 1. The van der Waals surface area contributed by atoms with E-state index in [2.05, 4.69) is 45.3 Å². The number of hydrogen-bond acceptors (Lipinski definition) is 3. The molecule has 0 amide bonds. The number of aliphatic imine (C=N–C) groups is 2. The van der Waals surface area contributed by atoms with E-state index in [-0.39, 0.29) is 17.6 Å². The number of nitrogens with two attached hydrogens (primary N) is 1. The van der Waals surface area contributed by atoms with Gasteiger partial charge in [0.25, 0.3) is 0 Å². The lowest BCUT2D eigenvalue weighted by atomic mass is 10.0. The second-order valence-electron chi connectivity index (χ2n) is 8.52. The average molecular weight is 528 g/mol. The summed E-state index contributed by atoms with van der Waals surface area (Å²) < 4.78 is 40.5. The molecule has 3 rings (SSSR count). The molecule has 0 aliphatic carbocycles. The fourth-order valence-corrected chi connectivity index (χ4v) is 3.83. The van der Waals surface area contributed by atoms with Gasteiger partial charge in [-0.1, -0.05) is 42.0 Å². The number of ether oxygens (including phenoxy) is 1. The Balaban J connectivity index is 1.51. The molecular formula is C27H28F3N5OS. The van der Waals surface area contributed by atoms with Crippen LogP contribution in [0.3, 0.4) is 0 Å². The van der Waals surface area contributed by atoms with Crippen LogP contribution in [0.2, 0.25) is 0 Å². The minimum Gasteiger partial charge on any atom is -0.406 e. The molecule has 0 aliphatic heterocycles. The minimum atomic E-state index is -4.74. The van der Waals surface area contributed by atoms with Crippen molar-refractivity contribution in [1.82, 2.24) is 5.32 Å². The molecule has 0 radical (unpaired) electrons. The summed E-state index contributed by atoms with van der Waals surface area (Å²) in [4.78, 5) is 8.19. The normalized spacial score (nSPS) is 12.9. The van der Waals surface area contributed by atoms with Gasteiger partial charge in [0.05, 0.1) is 5.69 Å². The van der Waals surface area contributed by atoms with E-state index < -0.39 is 6.36 Å². The first-order chi connectivity index (χ1) is 17.5. The molecule has 1 atom stereocenters. The highest BCUT2D eigenvalue weighted by Gasteiger charge is 2.30. The predicted molar refractivity (Wildman–Crippen MR) is 147 cm³/mol. The number of aryl methyl sites for hydroxylation is 2. The molecule has 0 aromatic heterocycles. The first-order valence-electron chi connectivity index (χ1n) is 11.4. The average Bonchev–Trinajstić information content (AvgIpc) is 2.81. The van der Waals surface area contributed by atoms with Gasteiger partial charge in [0.2, 0.25) is 0 Å². The van der Waals surface area contributed by atoms with Gasteiger partial charge in [-0.15, -0.1) is 13.2 Å². The maximum atomic E-state index is 12.2. The number of hydrogen-bond donors (Lipinski definition) is 3. The maximum Gasteiger partial charge on any atom is 0.573 e. The lowest BCUT2D eigenvalue weighted by molar-refractivity contribution is -0.274. The van der Waals surface area contributed by atoms with Gasteiger partial charge in [0, 0.05) is 17.3 Å². The Morgan fingerprint density at radius 3 is 2.35 bits per heavy atom. The first-order valence-corrected chi connectivity index (χ1v) is 11.8. The number of benzene rings is 3. The Hall–Kier alpha value is -3.92. The molecular weight excluding hydrogens is 499 g/mol. The molecule has 0 heterocycles. The highest BCUT2D eigenvalue weighted by Crippen LogP contribution is 2.24. The number of rotatable bonds is 8. The van der Waals surface area contributed by atoms with Crippen molar-refractivity contribution in [2.45, 2.75) is 39.6 Å². The molecule has 1 unspecified atom stereocenters. The Morgan fingerprint density at radius 2 is 1.73 bits per heavy atom. The molecule has 0 aliphatic rings. The van der Waals surface area contributed by atoms with Crippen molar-refractivity contribution < 1.29 is 17.9 Å². The summed E-state index contributed by atoms with van der Waals surface area (Å²) in [6.07, 6.45) is -2.74. The van der Waals surface area contributed by atoms with Crippen molar-refractivity contribution in [1.29, 1.82) is 0 Å². The predicted octanol–water partition coefficient (Wildman–Crippen LogP) is 6.18. The number of alkyl halides is 3. The quantitative estimate of drug-likeness (QED) is 0.185. The van der Waals surface area contributed by atoms with Gasteiger partial charge in [-0.3, -0.25) is 0 Å². The smallest absolute Gasteiger partial charge is 0.406 e. The molecule has 194 valence electrons. The summed E-state index contributed by atoms with van der Waals surface area (Å²) in [5, 5.41) is 7.11. The molecule has 6 nitrogen and oxygen atoms in total. The number of thiocarbonyl (C=S) groups is 1. The van der Waals surface area contributed by atoms with Crippen LogP contribution in [0.5, 0.6) is 5.75 Å². The third-order valence-electron chi connectivity index (χ3n) is 5.27. The van der Waals surface area contributed by atoms with Crippen LogP contribution in [0.1, 0.15) is 29.2 Å². The Labute approximate surface area is 219 Å². The summed E-state index contributed by atoms with van der Waals surface area (Å²) in [5.41, 5.74) is 11.6. The monoisotopic (exact) mass is 527 g/mol. The molecule has 4 N–H and O–H groups in total. The van der Waals surface area contributed by atoms with Crippen LogP contribution < -0.4 is 21.1 Å². The van der Waals surface area contributed by atoms with E-state index in [4.69, 9.17) is 18.0 Å². The van der Waals surface area contributed by atoms with Crippen LogP contribution >= 0.6 is 12.2 Å². The van der Waals surface area contributed by atoms with Crippen LogP contribution in [0.15, 0.2) is 76.7 Å². The standard InChI is InChI=1S/C27H28F3N5OS/c1-17-4-13-24(18(2)14-17)35-26(37)34-19(3)15-20-5-7-21(8-6-20)25(31)33-16-32-22-9-11-23(12-10-22)36-27(28,29)30/h4-14,16,19H,15H2,1-3H3,(H2,31,32,33)(H2,34,35,37). The van der Waals surface area contributed by atoms with E-state index in [0.717, 1.165) is 28.8 Å². The van der Waals surface area contributed by atoms with E-state index in [0.29, 0.717) is 10.8 Å². The van der Waals surface area contributed by atoms with Gasteiger partial charge in [-0.2, -0.15) is 0 Å². The molecule has 10 heteroatoms. The summed E-state index contributed by atoms with van der Waals surface area (Å²) in [6.45, 7) is 6.15. The largest absolute Gasteiger partial charge is 0.573 e. The second-order valence-corrected chi connectivity index (χ2v) is 8.93. The molecule has 0 saturated heterocycles. The fourth-order valence-electron chi connectivity index (χ4n) is 3.52. The van der Waals surface area contributed by atoms with Crippen LogP contribution in [0.4, 0.5) is 24.5 Å². The number of amidine groups is 1. The first kappa shape index (κ1) is 27.7. The van der Waals surface area contributed by atoms with Crippen molar-refractivity contribution in [2.24, 2.45) is 15.7 Å². The van der Waals surface area contributed by atoms with E-state index >= 15 is 0 Å². The van der Waals surface area contributed by atoms with E-state index in [1.807, 2.05) is 43.3 Å². The molecule has 3 aromatic rings. The molecule has 0 spiro atoms. The minimum absolute atomic E-state index is 0.0997. The van der Waals surface area contributed by atoms with Crippen LogP contribution in [-0.2, 0) is 6.42 Å². The SMILES string of the molecule is Cc1ccc(NC(=S)NC(C)Cc2ccc(C(N)=NC=Nc3ccc(OC(F)(F)F)cc3)cc2)c(C)c1. The molecule has 37 heavy (non-hydrogen) atoms. The molecule has 0 fully saturated rings. The number of nitrogens with one attached hydrogen (secondary N) is 2. The Morgan fingerprint density at radius 1 is 1.05 bits per heavy atom. The van der Waals surface area contributed by atoms with E-state index in [1.165, 1.54) is 36.2 Å². The van der Waals surface area contributed by atoms with Crippen LogP contribution in [0, 0.1) is 13.8 Å². The highest BCUT2D eigenvalue weighted by molar-refractivity contribution is 7.80. The van der Waals surface area contributed by atoms with Gasteiger partial charge in [-0.25, -0.2) is 9.98 Å². The summed E-state index contributed by atoms with van der Waals surface area (Å²) in [5.74, 6) is -0.0594. The van der Waals surface area contributed by atoms with Crippen molar-refractivity contribution in [2.75, 3.05) is 5.32 Å². The third kappa shape index (κ3) is 9.23. The summed E-state index contributed by atoms with van der Waals surface area (Å²) in [7, 11) is 0. The Kier molecular flexibility index (Phi) is 9.24. The molecule has 3 aromatic carbocycles.